The van der Waals surface area contributed by atoms with Crippen molar-refractivity contribution in [3.8, 4) is 0 Å². The van der Waals surface area contributed by atoms with Gasteiger partial charge in [0.2, 0.25) is 5.95 Å². The van der Waals surface area contributed by atoms with E-state index in [0.717, 1.165) is 0 Å². The second kappa shape index (κ2) is 8.97. The maximum atomic E-state index is 13.6. The van der Waals surface area contributed by atoms with E-state index in [-0.39, 0.29) is 41.5 Å². The third kappa shape index (κ3) is 4.10. The largest absolute Gasteiger partial charge is 0.369 e. The van der Waals surface area contributed by atoms with Gasteiger partial charge in [-0.15, -0.1) is 0 Å². The van der Waals surface area contributed by atoms with Gasteiger partial charge in [0, 0.05) is 23.5 Å². The van der Waals surface area contributed by atoms with Gasteiger partial charge in [-0.25, -0.2) is 0 Å². The molecule has 0 amide bonds. The van der Waals surface area contributed by atoms with E-state index in [1.54, 1.807) is 24.3 Å². The lowest BCUT2D eigenvalue weighted by Gasteiger charge is -2.35. The predicted molar refractivity (Wildman–Crippen MR) is 131 cm³/mol. The minimum Gasteiger partial charge on any atom is -0.369 e. The third-order valence-electron chi connectivity index (χ3n) is 6.52. The van der Waals surface area contributed by atoms with Crippen LogP contribution in [0.25, 0.3) is 0 Å². The van der Waals surface area contributed by atoms with Crippen LogP contribution in [0.3, 0.4) is 0 Å². The summed E-state index contributed by atoms with van der Waals surface area (Å²) in [6, 6.07) is 18.1. The number of carbonyl (C=O) groups is 2. The number of Topliss-reactive ketones (excluding diaryl/α,β-unsaturated/α-hetero) is 2. The molecule has 4 N–H and O–H groups in total. The molecule has 3 aromatic rings. The maximum absolute atomic E-state index is 13.6. The van der Waals surface area contributed by atoms with Gasteiger partial charge in [0.05, 0.1) is 12.7 Å². The Hall–Kier alpha value is -4.20. The number of fused-ring (bicyclic) bond motifs is 1. The second-order valence-corrected chi connectivity index (χ2v) is 8.64. The van der Waals surface area contributed by atoms with E-state index in [2.05, 4.69) is 15.3 Å². The lowest BCUT2D eigenvalue weighted by atomic mass is 9.74. The molecule has 2 aromatic carbocycles. The molecule has 0 saturated carbocycles. The molecule has 34 heavy (non-hydrogen) atoms. The highest BCUT2D eigenvalue weighted by molar-refractivity contribution is 6.00. The Morgan fingerprint density at radius 3 is 2.38 bits per heavy atom. The van der Waals surface area contributed by atoms with E-state index in [1.807, 2.05) is 53.5 Å². The number of allylic oxidation sites excluding steroid dienone is 1. The number of nitrogens with zero attached hydrogens (tertiary/aromatic N) is 2. The van der Waals surface area contributed by atoms with Crippen molar-refractivity contribution in [1.29, 1.82) is 0 Å². The molecule has 1 aliphatic heterocycles. The molecule has 0 spiro atoms. The number of nitrogens with one attached hydrogen (secondary N) is 2. The average Bonchev–Trinajstić information content (AvgIpc) is 3.29. The van der Waals surface area contributed by atoms with Gasteiger partial charge in [-0.05, 0) is 12.3 Å². The van der Waals surface area contributed by atoms with Crippen LogP contribution in [0.5, 0.6) is 0 Å². The van der Waals surface area contributed by atoms with Gasteiger partial charge in [0.1, 0.15) is 5.69 Å². The quantitative estimate of drug-likeness (QED) is 0.385. The SMILES string of the molecule is Nc1nc2c(c(=O)[nH]1)NCN2[C@H]1C=C[C@H](CC(=O)c2ccccc2)[C@H](C(=O)c2ccccc2)C1. The van der Waals surface area contributed by atoms with Gasteiger partial charge < -0.3 is 16.0 Å². The van der Waals surface area contributed by atoms with E-state index in [4.69, 9.17) is 5.73 Å². The maximum Gasteiger partial charge on any atom is 0.277 e. The van der Waals surface area contributed by atoms with Gasteiger partial charge in [-0.1, -0.05) is 72.8 Å². The molecule has 2 heterocycles. The zero-order valence-electron chi connectivity index (χ0n) is 18.5. The van der Waals surface area contributed by atoms with Crippen molar-refractivity contribution in [2.24, 2.45) is 11.8 Å². The van der Waals surface area contributed by atoms with Crippen LogP contribution in [0.2, 0.25) is 0 Å². The molecule has 8 heteroatoms. The number of benzene rings is 2. The van der Waals surface area contributed by atoms with Gasteiger partial charge in [-0.3, -0.25) is 19.4 Å². The number of carbonyl (C=O) groups excluding carboxylic acids is 2. The van der Waals surface area contributed by atoms with Crippen molar-refractivity contribution in [2.45, 2.75) is 18.9 Å². The summed E-state index contributed by atoms with van der Waals surface area (Å²) in [5, 5.41) is 3.07. The van der Waals surface area contributed by atoms with Crippen LogP contribution in [-0.2, 0) is 0 Å². The Labute approximate surface area is 196 Å². The normalized spacial score (nSPS) is 21.1. The molecule has 3 atom stereocenters. The van der Waals surface area contributed by atoms with E-state index in [0.29, 0.717) is 35.7 Å². The Bertz CT molecular complexity index is 1300. The van der Waals surface area contributed by atoms with Gasteiger partial charge in [0.25, 0.3) is 5.56 Å². The summed E-state index contributed by atoms with van der Waals surface area (Å²) < 4.78 is 0. The molecule has 0 unspecified atom stereocenters. The van der Waals surface area contributed by atoms with Crippen molar-refractivity contribution >= 4 is 29.0 Å². The van der Waals surface area contributed by atoms with Crippen molar-refractivity contribution in [3.63, 3.8) is 0 Å². The first kappa shape index (κ1) is 21.6. The Morgan fingerprint density at radius 1 is 1.00 bits per heavy atom. The molecule has 2 aliphatic rings. The topological polar surface area (TPSA) is 121 Å². The van der Waals surface area contributed by atoms with E-state index in [9.17, 15) is 14.4 Å². The van der Waals surface area contributed by atoms with Gasteiger partial charge >= 0.3 is 0 Å². The van der Waals surface area contributed by atoms with E-state index in [1.165, 1.54) is 0 Å². The molecule has 0 fully saturated rings. The molecular weight excluding hydrogens is 430 g/mol. The molecule has 0 saturated heterocycles. The van der Waals surface area contributed by atoms with Crippen LogP contribution >= 0.6 is 0 Å². The molecule has 0 bridgehead atoms. The van der Waals surface area contributed by atoms with E-state index >= 15 is 0 Å². The van der Waals surface area contributed by atoms with Crippen molar-refractivity contribution in [3.05, 3.63) is 94.3 Å². The highest BCUT2D eigenvalue weighted by atomic mass is 16.1. The molecule has 1 aliphatic carbocycles. The summed E-state index contributed by atoms with van der Waals surface area (Å²) in [6.07, 6.45) is 4.71. The Kier molecular flexibility index (Phi) is 5.71. The smallest absolute Gasteiger partial charge is 0.277 e. The molecule has 5 rings (SSSR count). The number of aromatic amines is 1. The first-order valence-electron chi connectivity index (χ1n) is 11.3. The highest BCUT2D eigenvalue weighted by Gasteiger charge is 2.38. The number of aromatic nitrogens is 2. The summed E-state index contributed by atoms with van der Waals surface area (Å²) in [6.45, 7) is 0.379. The zero-order valence-corrected chi connectivity index (χ0v) is 18.5. The predicted octanol–water partition coefficient (Wildman–Crippen LogP) is 3.26. The highest BCUT2D eigenvalue weighted by Crippen LogP contribution is 2.37. The number of ketones is 2. The monoisotopic (exact) mass is 455 g/mol. The fourth-order valence-electron chi connectivity index (χ4n) is 4.79. The lowest BCUT2D eigenvalue weighted by Crippen LogP contribution is -2.41. The Morgan fingerprint density at radius 2 is 1.68 bits per heavy atom. The summed E-state index contributed by atoms with van der Waals surface area (Å²) in [4.78, 5) is 47.6. The van der Waals surface area contributed by atoms with Crippen LogP contribution in [0.1, 0.15) is 33.6 Å². The van der Waals surface area contributed by atoms with E-state index < -0.39 is 5.92 Å². The fraction of sp³-hybridized carbons (Fsp3) is 0.231. The summed E-state index contributed by atoms with van der Waals surface area (Å²) >= 11 is 0. The van der Waals surface area contributed by atoms with Crippen LogP contribution in [-0.4, -0.2) is 34.2 Å². The minimum absolute atomic E-state index is 0.00609. The number of hydrogen-bond acceptors (Lipinski definition) is 7. The average molecular weight is 456 g/mol. The minimum atomic E-state index is -0.395. The molecule has 1 aromatic heterocycles. The number of hydrogen-bond donors (Lipinski definition) is 3. The molecule has 8 nitrogen and oxygen atoms in total. The fourth-order valence-corrected chi connectivity index (χ4v) is 4.79. The lowest BCUT2D eigenvalue weighted by molar-refractivity contribution is 0.0843. The van der Waals surface area contributed by atoms with Crippen LogP contribution in [0.15, 0.2) is 77.6 Å². The number of nitrogens with two attached hydrogens (primary N) is 1. The summed E-state index contributed by atoms with van der Waals surface area (Å²) in [5.74, 6) is -0.0984. The molecule has 0 radical (unpaired) electrons. The van der Waals surface area contributed by atoms with Crippen molar-refractivity contribution < 1.29 is 9.59 Å². The van der Waals surface area contributed by atoms with Crippen LogP contribution in [0.4, 0.5) is 17.5 Å². The third-order valence-corrected chi connectivity index (χ3v) is 6.52. The number of nitrogen functional groups attached to an aromatic ring is 1. The first-order valence-corrected chi connectivity index (χ1v) is 11.3. The summed E-state index contributed by atoms with van der Waals surface area (Å²) in [7, 11) is 0. The molecular formula is C26H25N5O3. The first-order chi connectivity index (χ1) is 16.5. The molecule has 172 valence electrons. The van der Waals surface area contributed by atoms with Gasteiger partial charge in [-0.2, -0.15) is 4.98 Å². The summed E-state index contributed by atoms with van der Waals surface area (Å²) in [5.41, 5.74) is 7.08. The number of H-pyrrole nitrogens is 1. The number of anilines is 3. The standard InChI is InChI=1S/C26H25N5O3/c27-26-29-24-22(25(34)30-26)28-15-31(24)19-12-11-18(13-21(32)16-7-3-1-4-8-16)20(14-19)23(33)17-9-5-2-6-10-17/h1-12,18-20,28H,13-15H2,(H3,27,29,30,34)/t18-,19+,20-/m1/s1. The Balaban J connectivity index is 1.45. The van der Waals surface area contributed by atoms with Crippen molar-refractivity contribution in [1.82, 2.24) is 9.97 Å². The van der Waals surface area contributed by atoms with Gasteiger partial charge in [0.15, 0.2) is 17.4 Å². The second-order valence-electron chi connectivity index (χ2n) is 8.64. The van der Waals surface area contributed by atoms with Crippen molar-refractivity contribution in [2.75, 3.05) is 22.6 Å². The van der Waals surface area contributed by atoms with Crippen LogP contribution < -0.4 is 21.5 Å². The van der Waals surface area contributed by atoms with Crippen LogP contribution in [0, 0.1) is 11.8 Å². The zero-order chi connectivity index (χ0) is 23.7. The number of rotatable bonds is 6.